The van der Waals surface area contributed by atoms with E-state index in [1.165, 1.54) is 103 Å². The zero-order valence-electron chi connectivity index (χ0n) is 15.9. The van der Waals surface area contributed by atoms with Crippen molar-refractivity contribution >= 4 is 11.3 Å². The third-order valence-corrected chi connectivity index (χ3v) is 5.85. The van der Waals surface area contributed by atoms with Crippen LogP contribution in [-0.4, -0.2) is 0 Å². The Labute approximate surface area is 150 Å². The van der Waals surface area contributed by atoms with Gasteiger partial charge in [0.2, 0.25) is 0 Å². The highest BCUT2D eigenvalue weighted by molar-refractivity contribution is 7.08. The van der Waals surface area contributed by atoms with Crippen LogP contribution in [0.1, 0.15) is 115 Å². The molecule has 0 aliphatic heterocycles. The monoisotopic (exact) mass is 336 g/mol. The Bertz CT molecular complexity index is 353. The molecule has 0 N–H and O–H groups in total. The predicted molar refractivity (Wildman–Crippen MR) is 108 cm³/mol. The van der Waals surface area contributed by atoms with Gasteiger partial charge in [0.05, 0.1) is 0 Å². The van der Waals surface area contributed by atoms with E-state index in [2.05, 4.69) is 24.6 Å². The molecule has 0 aliphatic rings. The second-order valence-corrected chi connectivity index (χ2v) is 7.87. The SMILES string of the molecule is CCCCCCCCCCCCCCCCc1cscc1CC. The predicted octanol–water partition coefficient (Wildman–Crippen LogP) is 8.33. The maximum atomic E-state index is 2.36. The summed E-state index contributed by atoms with van der Waals surface area (Å²) in [7, 11) is 0. The van der Waals surface area contributed by atoms with Gasteiger partial charge in [-0.05, 0) is 41.1 Å². The molecule has 1 heterocycles. The van der Waals surface area contributed by atoms with Crippen molar-refractivity contribution in [1.82, 2.24) is 0 Å². The molecule has 1 aromatic heterocycles. The number of rotatable bonds is 16. The molecule has 0 fully saturated rings. The van der Waals surface area contributed by atoms with Crippen molar-refractivity contribution in [2.75, 3.05) is 0 Å². The summed E-state index contributed by atoms with van der Waals surface area (Å²) in [5.41, 5.74) is 3.21. The molecule has 0 bridgehead atoms. The van der Waals surface area contributed by atoms with Gasteiger partial charge in [-0.1, -0.05) is 97.3 Å². The number of hydrogen-bond donors (Lipinski definition) is 0. The second kappa shape index (κ2) is 15.2. The van der Waals surface area contributed by atoms with Gasteiger partial charge in [0.1, 0.15) is 0 Å². The molecule has 1 heteroatoms. The first-order chi connectivity index (χ1) is 11.4. The lowest BCUT2D eigenvalue weighted by molar-refractivity contribution is 0.535. The normalized spacial score (nSPS) is 11.2. The van der Waals surface area contributed by atoms with Gasteiger partial charge in [-0.3, -0.25) is 0 Å². The van der Waals surface area contributed by atoms with Crippen LogP contribution < -0.4 is 0 Å². The fourth-order valence-corrected chi connectivity index (χ4v) is 4.37. The molecule has 0 radical (unpaired) electrons. The van der Waals surface area contributed by atoms with Gasteiger partial charge in [0.15, 0.2) is 0 Å². The van der Waals surface area contributed by atoms with Crippen LogP contribution in [-0.2, 0) is 12.8 Å². The van der Waals surface area contributed by atoms with Crippen molar-refractivity contribution in [2.45, 2.75) is 117 Å². The summed E-state index contributed by atoms with van der Waals surface area (Å²) in [6.45, 7) is 4.57. The van der Waals surface area contributed by atoms with Gasteiger partial charge < -0.3 is 0 Å². The minimum absolute atomic E-state index is 1.21. The fourth-order valence-electron chi connectivity index (χ4n) is 3.39. The van der Waals surface area contributed by atoms with Crippen molar-refractivity contribution in [3.8, 4) is 0 Å². The Balaban J connectivity index is 1.78. The maximum Gasteiger partial charge on any atom is -0.00584 e. The molecule has 0 saturated carbocycles. The molecule has 0 aromatic carbocycles. The van der Waals surface area contributed by atoms with E-state index in [4.69, 9.17) is 0 Å². The van der Waals surface area contributed by atoms with Crippen LogP contribution in [0.25, 0.3) is 0 Å². The van der Waals surface area contributed by atoms with E-state index in [1.54, 1.807) is 11.1 Å². The van der Waals surface area contributed by atoms with Crippen LogP contribution in [0.15, 0.2) is 10.8 Å². The Hall–Kier alpha value is -0.300. The van der Waals surface area contributed by atoms with Gasteiger partial charge >= 0.3 is 0 Å². The van der Waals surface area contributed by atoms with Gasteiger partial charge in [-0.2, -0.15) is 11.3 Å². The molecule has 0 atom stereocenters. The average Bonchev–Trinajstić information content (AvgIpc) is 3.02. The summed E-state index contributed by atoms with van der Waals surface area (Å²) in [6, 6.07) is 0. The van der Waals surface area contributed by atoms with E-state index in [0.29, 0.717) is 0 Å². The highest BCUT2D eigenvalue weighted by atomic mass is 32.1. The zero-order valence-corrected chi connectivity index (χ0v) is 16.7. The highest BCUT2D eigenvalue weighted by Gasteiger charge is 2.01. The van der Waals surface area contributed by atoms with Crippen LogP contribution in [0.5, 0.6) is 0 Å². The largest absolute Gasteiger partial charge is 0.152 e. The molecule has 0 amide bonds. The molecule has 23 heavy (non-hydrogen) atoms. The van der Waals surface area contributed by atoms with E-state index in [0.717, 1.165) is 0 Å². The second-order valence-electron chi connectivity index (χ2n) is 7.12. The summed E-state index contributed by atoms with van der Waals surface area (Å²) in [5.74, 6) is 0. The lowest BCUT2D eigenvalue weighted by Gasteiger charge is -2.04. The van der Waals surface area contributed by atoms with Crippen LogP contribution in [0.3, 0.4) is 0 Å². The molecule has 1 rings (SSSR count). The lowest BCUT2D eigenvalue weighted by atomic mass is 10.0. The van der Waals surface area contributed by atoms with Gasteiger partial charge in [-0.25, -0.2) is 0 Å². The Morgan fingerprint density at radius 1 is 0.565 bits per heavy atom. The third-order valence-electron chi connectivity index (χ3n) is 5.01. The van der Waals surface area contributed by atoms with Crippen LogP contribution in [0.2, 0.25) is 0 Å². The van der Waals surface area contributed by atoms with Crippen LogP contribution >= 0.6 is 11.3 Å². The van der Waals surface area contributed by atoms with Crippen molar-refractivity contribution in [3.05, 3.63) is 21.9 Å². The van der Waals surface area contributed by atoms with Crippen molar-refractivity contribution in [1.29, 1.82) is 0 Å². The van der Waals surface area contributed by atoms with Crippen LogP contribution in [0.4, 0.5) is 0 Å². The number of thiophene rings is 1. The van der Waals surface area contributed by atoms with Gasteiger partial charge in [-0.15, -0.1) is 0 Å². The summed E-state index contributed by atoms with van der Waals surface area (Å²) < 4.78 is 0. The fraction of sp³-hybridized carbons (Fsp3) is 0.818. The van der Waals surface area contributed by atoms with Gasteiger partial charge in [0, 0.05) is 0 Å². The molecule has 0 spiro atoms. The third kappa shape index (κ3) is 11.0. The number of aryl methyl sites for hydroxylation is 2. The summed E-state index contributed by atoms with van der Waals surface area (Å²) in [4.78, 5) is 0. The summed E-state index contributed by atoms with van der Waals surface area (Å²) >= 11 is 1.88. The average molecular weight is 337 g/mol. The summed E-state index contributed by atoms with van der Waals surface area (Å²) in [6.07, 6.45) is 22.8. The molecular formula is C22H40S. The standard InChI is InChI=1S/C22H40S/c1-3-5-6-7-8-9-10-11-12-13-14-15-16-17-18-22-20-23-19-21(22)4-2/h19-20H,3-18H2,1-2H3. The summed E-state index contributed by atoms with van der Waals surface area (Å²) in [5, 5.41) is 4.69. The highest BCUT2D eigenvalue weighted by Crippen LogP contribution is 2.19. The molecule has 1 aromatic rings. The topological polar surface area (TPSA) is 0 Å². The first-order valence-corrected chi connectivity index (χ1v) is 11.4. The number of unbranched alkanes of at least 4 members (excludes halogenated alkanes) is 13. The molecule has 0 aliphatic carbocycles. The minimum Gasteiger partial charge on any atom is -0.152 e. The first-order valence-electron chi connectivity index (χ1n) is 10.4. The van der Waals surface area contributed by atoms with E-state index >= 15 is 0 Å². The van der Waals surface area contributed by atoms with Crippen molar-refractivity contribution in [3.63, 3.8) is 0 Å². The van der Waals surface area contributed by atoms with Crippen molar-refractivity contribution in [2.24, 2.45) is 0 Å². The Morgan fingerprint density at radius 3 is 1.48 bits per heavy atom. The quantitative estimate of drug-likeness (QED) is 0.266. The maximum absolute atomic E-state index is 2.36. The molecule has 0 saturated heterocycles. The van der Waals surface area contributed by atoms with E-state index in [-0.39, 0.29) is 0 Å². The van der Waals surface area contributed by atoms with Gasteiger partial charge in [0.25, 0.3) is 0 Å². The van der Waals surface area contributed by atoms with E-state index < -0.39 is 0 Å². The smallest absolute Gasteiger partial charge is 0.00584 e. The zero-order chi connectivity index (χ0) is 16.6. The molecular weight excluding hydrogens is 296 g/mol. The Morgan fingerprint density at radius 2 is 1.00 bits per heavy atom. The lowest BCUT2D eigenvalue weighted by Crippen LogP contribution is -1.89. The van der Waals surface area contributed by atoms with E-state index in [9.17, 15) is 0 Å². The number of hydrogen-bond acceptors (Lipinski definition) is 1. The van der Waals surface area contributed by atoms with E-state index in [1.807, 2.05) is 11.3 Å². The molecule has 0 unspecified atom stereocenters. The first kappa shape index (κ1) is 20.7. The van der Waals surface area contributed by atoms with Crippen molar-refractivity contribution < 1.29 is 0 Å². The molecule has 0 nitrogen and oxygen atoms in total. The van der Waals surface area contributed by atoms with Crippen LogP contribution in [0, 0.1) is 0 Å². The minimum atomic E-state index is 1.21. The molecule has 134 valence electrons. The Kier molecular flexibility index (Phi) is 13.7.